The number of benzene rings is 2. The molecule has 2 aromatic carbocycles. The quantitative estimate of drug-likeness (QED) is 0.393. The minimum atomic E-state index is 0.400. The van der Waals surface area contributed by atoms with Gasteiger partial charge in [0.1, 0.15) is 0 Å². The highest BCUT2D eigenvalue weighted by atomic mass is 35.5. The van der Waals surface area contributed by atoms with Crippen LogP contribution >= 0.6 is 34.5 Å². The number of fused-ring (bicyclic) bond motifs is 1. The second kappa shape index (κ2) is 9.48. The molecule has 0 unspecified atom stereocenters. The van der Waals surface area contributed by atoms with Crippen molar-refractivity contribution in [2.24, 2.45) is 10.2 Å². The van der Waals surface area contributed by atoms with Crippen molar-refractivity contribution < 1.29 is 0 Å². The Kier molecular flexibility index (Phi) is 6.78. The first kappa shape index (κ1) is 20.0. The van der Waals surface area contributed by atoms with Gasteiger partial charge in [0.25, 0.3) is 0 Å². The summed E-state index contributed by atoms with van der Waals surface area (Å²) in [5.41, 5.74) is 2.34. The molecule has 1 aromatic heterocycles. The summed E-state index contributed by atoms with van der Waals surface area (Å²) in [5, 5.41) is 27.5. The lowest BCUT2D eigenvalue weighted by atomic mass is 10.2. The number of hydrogen-bond acceptors (Lipinski definition) is 7. The van der Waals surface area contributed by atoms with Crippen LogP contribution < -0.4 is 4.90 Å². The fourth-order valence-corrected chi connectivity index (χ4v) is 3.85. The highest BCUT2D eigenvalue weighted by Gasteiger charge is 2.10. The van der Waals surface area contributed by atoms with Crippen molar-refractivity contribution in [2.75, 3.05) is 18.0 Å². The molecule has 0 saturated heterocycles. The van der Waals surface area contributed by atoms with Gasteiger partial charge in [-0.05, 0) is 36.4 Å². The Morgan fingerprint density at radius 1 is 0.964 bits per heavy atom. The molecule has 0 fully saturated rings. The van der Waals surface area contributed by atoms with E-state index in [1.54, 1.807) is 12.1 Å². The first-order valence-electron chi connectivity index (χ1n) is 8.37. The van der Waals surface area contributed by atoms with E-state index in [9.17, 15) is 0 Å². The third kappa shape index (κ3) is 4.76. The van der Waals surface area contributed by atoms with Gasteiger partial charge in [0.2, 0.25) is 5.13 Å². The minimum absolute atomic E-state index is 0.400. The summed E-state index contributed by atoms with van der Waals surface area (Å²) in [5.74, 6) is 0. The molecule has 3 aromatic rings. The molecule has 0 atom stereocenters. The van der Waals surface area contributed by atoms with Crippen LogP contribution in [0.3, 0.4) is 0 Å². The fourth-order valence-electron chi connectivity index (χ4n) is 2.54. The van der Waals surface area contributed by atoms with Crippen molar-refractivity contribution in [3.63, 3.8) is 0 Å². The van der Waals surface area contributed by atoms with Crippen molar-refractivity contribution in [3.8, 4) is 12.1 Å². The summed E-state index contributed by atoms with van der Waals surface area (Å²) in [7, 11) is 0. The topological polar surface area (TPSA) is 88.4 Å². The second-order valence-electron chi connectivity index (χ2n) is 5.73. The molecule has 0 saturated carbocycles. The molecule has 0 aliphatic rings. The van der Waals surface area contributed by atoms with E-state index in [0.29, 0.717) is 46.8 Å². The number of rotatable bonds is 7. The van der Waals surface area contributed by atoms with Crippen molar-refractivity contribution >= 4 is 61.3 Å². The van der Waals surface area contributed by atoms with Gasteiger partial charge < -0.3 is 4.90 Å². The summed E-state index contributed by atoms with van der Waals surface area (Å²) in [6.45, 7) is 1.15. The Morgan fingerprint density at radius 2 is 1.64 bits per heavy atom. The Morgan fingerprint density at radius 3 is 2.29 bits per heavy atom. The van der Waals surface area contributed by atoms with Gasteiger partial charge >= 0.3 is 0 Å². The Hall–Kier alpha value is -2.71. The number of hydrogen-bond donors (Lipinski definition) is 0. The van der Waals surface area contributed by atoms with Crippen LogP contribution in [-0.2, 0) is 0 Å². The first-order chi connectivity index (χ1) is 13.6. The van der Waals surface area contributed by atoms with Gasteiger partial charge in [0.05, 0.1) is 50.9 Å². The molecule has 3 rings (SSSR count). The van der Waals surface area contributed by atoms with E-state index >= 15 is 0 Å². The third-order valence-corrected chi connectivity index (χ3v) is 5.78. The van der Waals surface area contributed by atoms with E-state index in [4.69, 9.17) is 33.7 Å². The SMILES string of the molecule is N#CCCN(CCC#N)c1ccc(N=Nc2nc3ccc(Cl)c(Cl)c3s2)cc1. The Bertz CT molecular complexity index is 1060. The second-order valence-corrected chi connectivity index (χ2v) is 7.49. The molecule has 0 aliphatic heterocycles. The molecule has 9 heteroatoms. The molecule has 1 heterocycles. The number of halogens is 2. The zero-order valence-electron chi connectivity index (χ0n) is 14.6. The van der Waals surface area contributed by atoms with Crippen LogP contribution in [0.1, 0.15) is 12.8 Å². The number of nitrogens with zero attached hydrogens (tertiary/aromatic N) is 6. The van der Waals surface area contributed by atoms with Crippen molar-refractivity contribution in [1.29, 1.82) is 10.5 Å². The standard InChI is InChI=1S/C19H14Cl2N6S/c20-15-7-8-16-18(17(15)21)28-19(24-16)26-25-13-3-5-14(6-4-13)27(11-1-9-22)12-2-10-23/h3-8H,1-2,11-12H2. The zero-order valence-corrected chi connectivity index (χ0v) is 17.0. The van der Waals surface area contributed by atoms with Crippen LogP contribution in [0.15, 0.2) is 46.6 Å². The summed E-state index contributed by atoms with van der Waals surface area (Å²) in [6.07, 6.45) is 0.800. The van der Waals surface area contributed by atoms with Crippen molar-refractivity contribution in [1.82, 2.24) is 4.98 Å². The van der Waals surface area contributed by atoms with Crippen LogP contribution in [-0.4, -0.2) is 18.1 Å². The molecule has 0 amide bonds. The fraction of sp³-hybridized carbons (Fsp3) is 0.211. The molecule has 28 heavy (non-hydrogen) atoms. The average Bonchev–Trinajstić information content (AvgIpc) is 3.14. The first-order valence-corrected chi connectivity index (χ1v) is 9.95. The lowest BCUT2D eigenvalue weighted by Crippen LogP contribution is -2.25. The van der Waals surface area contributed by atoms with E-state index < -0.39 is 0 Å². The van der Waals surface area contributed by atoms with E-state index in [1.165, 1.54) is 11.3 Å². The highest BCUT2D eigenvalue weighted by molar-refractivity contribution is 7.22. The zero-order chi connectivity index (χ0) is 19.9. The van der Waals surface area contributed by atoms with Crippen LogP contribution in [0, 0.1) is 22.7 Å². The normalized spacial score (nSPS) is 10.9. The van der Waals surface area contributed by atoms with Gasteiger partial charge in [-0.3, -0.25) is 0 Å². The summed E-state index contributed by atoms with van der Waals surface area (Å²) >= 11 is 13.6. The average molecular weight is 429 g/mol. The smallest absolute Gasteiger partial charge is 0.231 e. The Balaban J connectivity index is 1.75. The molecule has 6 nitrogen and oxygen atoms in total. The minimum Gasteiger partial charge on any atom is -0.369 e. The predicted molar refractivity (Wildman–Crippen MR) is 113 cm³/mol. The van der Waals surface area contributed by atoms with Gasteiger partial charge in [-0.2, -0.15) is 10.5 Å². The lowest BCUT2D eigenvalue weighted by Gasteiger charge is -2.22. The molecular formula is C19H14Cl2N6S. The van der Waals surface area contributed by atoms with Crippen molar-refractivity contribution in [2.45, 2.75) is 12.8 Å². The molecule has 0 radical (unpaired) electrons. The van der Waals surface area contributed by atoms with E-state index in [0.717, 1.165) is 15.9 Å². The van der Waals surface area contributed by atoms with Crippen LogP contribution in [0.25, 0.3) is 10.2 Å². The number of thiazole rings is 1. The van der Waals surface area contributed by atoms with Gasteiger partial charge in [-0.1, -0.05) is 34.5 Å². The summed E-state index contributed by atoms with van der Waals surface area (Å²) in [4.78, 5) is 6.40. The van der Waals surface area contributed by atoms with Crippen LogP contribution in [0.5, 0.6) is 0 Å². The van der Waals surface area contributed by atoms with E-state index in [1.807, 2.05) is 29.2 Å². The van der Waals surface area contributed by atoms with Crippen molar-refractivity contribution in [3.05, 3.63) is 46.4 Å². The maximum atomic E-state index is 8.80. The molecule has 0 N–H and O–H groups in total. The van der Waals surface area contributed by atoms with Gasteiger partial charge in [0, 0.05) is 18.8 Å². The maximum absolute atomic E-state index is 8.80. The molecule has 140 valence electrons. The summed E-state index contributed by atoms with van der Waals surface area (Å²) in [6, 6.07) is 15.2. The number of aromatic nitrogens is 1. The number of azo groups is 1. The van der Waals surface area contributed by atoms with Crippen LogP contribution in [0.2, 0.25) is 10.0 Å². The van der Waals surface area contributed by atoms with Crippen LogP contribution in [0.4, 0.5) is 16.5 Å². The molecule has 0 spiro atoms. The van der Waals surface area contributed by atoms with Gasteiger partial charge in [-0.25, -0.2) is 4.98 Å². The number of nitriles is 2. The monoisotopic (exact) mass is 428 g/mol. The summed E-state index contributed by atoms with van der Waals surface area (Å²) < 4.78 is 0.782. The highest BCUT2D eigenvalue weighted by Crippen LogP contribution is 2.37. The predicted octanol–water partition coefficient (Wildman–Crippen LogP) is 6.65. The molecule has 0 aliphatic carbocycles. The number of anilines is 1. The maximum Gasteiger partial charge on any atom is 0.231 e. The van der Waals surface area contributed by atoms with Gasteiger partial charge in [0.15, 0.2) is 0 Å². The molecular weight excluding hydrogens is 415 g/mol. The van der Waals surface area contributed by atoms with E-state index in [2.05, 4.69) is 27.4 Å². The lowest BCUT2D eigenvalue weighted by molar-refractivity contribution is 0.796. The third-order valence-electron chi connectivity index (χ3n) is 3.89. The molecule has 0 bridgehead atoms. The Labute approximate surface area is 176 Å². The van der Waals surface area contributed by atoms with E-state index in [-0.39, 0.29) is 0 Å². The largest absolute Gasteiger partial charge is 0.369 e. The van der Waals surface area contributed by atoms with Gasteiger partial charge in [-0.15, -0.1) is 10.2 Å².